The first kappa shape index (κ1) is 23.4. The minimum Gasteiger partial charge on any atom is -0.494 e. The van der Waals surface area contributed by atoms with Crippen LogP contribution in [0.25, 0.3) is 0 Å². The Labute approximate surface area is 190 Å². The summed E-state index contributed by atoms with van der Waals surface area (Å²) in [7, 11) is -3.61. The Balaban J connectivity index is 1.29. The minimum atomic E-state index is -3.61. The largest absolute Gasteiger partial charge is 0.494 e. The van der Waals surface area contributed by atoms with Crippen LogP contribution in [0.5, 0.6) is 5.75 Å². The van der Waals surface area contributed by atoms with Gasteiger partial charge in [-0.1, -0.05) is 12.1 Å². The number of nitrogens with one attached hydrogen (secondary N) is 1. The second-order valence-corrected chi connectivity index (χ2v) is 10.4. The van der Waals surface area contributed by atoms with E-state index in [0.717, 1.165) is 11.3 Å². The van der Waals surface area contributed by atoms with E-state index in [9.17, 15) is 13.2 Å². The van der Waals surface area contributed by atoms with Crippen molar-refractivity contribution in [2.24, 2.45) is 5.92 Å². The third-order valence-electron chi connectivity index (χ3n) is 6.41. The first-order valence-electron chi connectivity index (χ1n) is 11.4. The molecule has 0 saturated carbocycles. The lowest BCUT2D eigenvalue weighted by molar-refractivity contribution is -0.179. The lowest BCUT2D eigenvalue weighted by Crippen LogP contribution is -2.54. The van der Waals surface area contributed by atoms with Gasteiger partial charge in [-0.2, -0.15) is 17.0 Å². The van der Waals surface area contributed by atoms with E-state index in [4.69, 9.17) is 14.2 Å². The van der Waals surface area contributed by atoms with Gasteiger partial charge in [-0.3, -0.25) is 4.79 Å². The van der Waals surface area contributed by atoms with Crippen molar-refractivity contribution in [3.8, 4) is 5.75 Å². The number of hydrogen-bond donors (Lipinski definition) is 1. The summed E-state index contributed by atoms with van der Waals surface area (Å²) in [6.45, 7) is 5.47. The molecule has 1 amide bonds. The standard InChI is InChI=1S/C22H33N3O6S/c1-2-29-20-7-5-18(6-8-20)16-23-21(26)19-4-3-11-25(17-19)32(27,28)24-12-9-22(10-13-24)30-14-15-31-22/h5-8,19H,2-4,9-17H2,1H3,(H,23,26)/t19-/m0/s1. The van der Waals surface area contributed by atoms with Crippen LogP contribution in [0.1, 0.15) is 38.2 Å². The topological polar surface area (TPSA) is 97.4 Å². The van der Waals surface area contributed by atoms with E-state index < -0.39 is 16.0 Å². The van der Waals surface area contributed by atoms with Crippen LogP contribution in [-0.2, 0) is 31.0 Å². The van der Waals surface area contributed by atoms with Crippen LogP contribution in [0.3, 0.4) is 0 Å². The van der Waals surface area contributed by atoms with Gasteiger partial charge in [0.15, 0.2) is 5.79 Å². The fraction of sp³-hybridized carbons (Fsp3) is 0.682. The molecule has 0 aliphatic carbocycles. The number of rotatable bonds is 7. The van der Waals surface area contributed by atoms with E-state index >= 15 is 0 Å². The zero-order chi connectivity index (χ0) is 22.6. The highest BCUT2D eigenvalue weighted by Gasteiger charge is 2.44. The maximum absolute atomic E-state index is 13.2. The smallest absolute Gasteiger partial charge is 0.282 e. The number of carbonyl (C=O) groups excluding carboxylic acids is 1. The van der Waals surface area contributed by atoms with E-state index in [0.29, 0.717) is 71.7 Å². The predicted molar refractivity (Wildman–Crippen MR) is 118 cm³/mol. The van der Waals surface area contributed by atoms with Gasteiger partial charge in [0, 0.05) is 45.6 Å². The normalized spacial score (nSPS) is 24.5. The first-order valence-corrected chi connectivity index (χ1v) is 12.8. The molecule has 3 aliphatic rings. The van der Waals surface area contributed by atoms with Crippen LogP contribution in [0, 0.1) is 5.92 Å². The molecule has 1 aromatic rings. The van der Waals surface area contributed by atoms with Crippen molar-refractivity contribution in [1.82, 2.24) is 13.9 Å². The highest BCUT2D eigenvalue weighted by Crippen LogP contribution is 2.33. The molecule has 0 bridgehead atoms. The van der Waals surface area contributed by atoms with E-state index in [1.54, 1.807) is 0 Å². The molecule has 32 heavy (non-hydrogen) atoms. The highest BCUT2D eigenvalue weighted by molar-refractivity contribution is 7.86. The Bertz CT molecular complexity index is 875. The van der Waals surface area contributed by atoms with Crippen LogP contribution in [0.4, 0.5) is 0 Å². The van der Waals surface area contributed by atoms with Crippen LogP contribution in [0.15, 0.2) is 24.3 Å². The number of nitrogens with zero attached hydrogens (tertiary/aromatic N) is 2. The van der Waals surface area contributed by atoms with Gasteiger partial charge >= 0.3 is 0 Å². The van der Waals surface area contributed by atoms with Gasteiger partial charge in [0.25, 0.3) is 10.2 Å². The van der Waals surface area contributed by atoms with Gasteiger partial charge in [0.1, 0.15) is 5.75 Å². The molecule has 1 aromatic carbocycles. The molecular formula is C22H33N3O6S. The molecule has 1 spiro atoms. The summed E-state index contributed by atoms with van der Waals surface area (Å²) in [5.41, 5.74) is 0.973. The Morgan fingerprint density at radius 3 is 2.47 bits per heavy atom. The summed E-state index contributed by atoms with van der Waals surface area (Å²) < 4.78 is 46.2. The van der Waals surface area contributed by atoms with E-state index in [2.05, 4.69) is 5.32 Å². The van der Waals surface area contributed by atoms with Gasteiger partial charge in [-0.25, -0.2) is 0 Å². The molecule has 3 fully saturated rings. The number of benzene rings is 1. The van der Waals surface area contributed by atoms with Crippen LogP contribution in [0.2, 0.25) is 0 Å². The fourth-order valence-electron chi connectivity index (χ4n) is 4.58. The quantitative estimate of drug-likeness (QED) is 0.653. The summed E-state index contributed by atoms with van der Waals surface area (Å²) in [6.07, 6.45) is 2.43. The molecule has 1 N–H and O–H groups in total. The average Bonchev–Trinajstić information content (AvgIpc) is 3.26. The number of amides is 1. The maximum Gasteiger partial charge on any atom is 0.282 e. The fourth-order valence-corrected chi connectivity index (χ4v) is 6.28. The summed E-state index contributed by atoms with van der Waals surface area (Å²) in [5, 5.41) is 2.96. The third-order valence-corrected chi connectivity index (χ3v) is 8.41. The van der Waals surface area contributed by atoms with Crippen molar-refractivity contribution < 1.29 is 27.4 Å². The summed E-state index contributed by atoms with van der Waals surface area (Å²) >= 11 is 0. The van der Waals surface area contributed by atoms with Crippen molar-refractivity contribution in [2.75, 3.05) is 46.0 Å². The monoisotopic (exact) mass is 467 g/mol. The van der Waals surface area contributed by atoms with Crippen molar-refractivity contribution in [2.45, 2.75) is 44.9 Å². The van der Waals surface area contributed by atoms with Crippen molar-refractivity contribution in [1.29, 1.82) is 0 Å². The van der Waals surface area contributed by atoms with Crippen molar-refractivity contribution >= 4 is 16.1 Å². The predicted octanol–water partition coefficient (Wildman–Crippen LogP) is 1.50. The summed E-state index contributed by atoms with van der Waals surface area (Å²) in [6, 6.07) is 7.60. The van der Waals surface area contributed by atoms with Crippen LogP contribution < -0.4 is 10.1 Å². The maximum atomic E-state index is 13.2. The van der Waals surface area contributed by atoms with E-state index in [1.807, 2.05) is 31.2 Å². The average molecular weight is 468 g/mol. The zero-order valence-electron chi connectivity index (χ0n) is 18.6. The highest BCUT2D eigenvalue weighted by atomic mass is 32.2. The molecular weight excluding hydrogens is 434 g/mol. The molecule has 0 radical (unpaired) electrons. The third kappa shape index (κ3) is 5.26. The lowest BCUT2D eigenvalue weighted by atomic mass is 9.99. The first-order chi connectivity index (χ1) is 15.4. The molecule has 0 unspecified atom stereocenters. The molecule has 4 rings (SSSR count). The van der Waals surface area contributed by atoms with Gasteiger partial charge < -0.3 is 19.5 Å². The molecule has 3 aliphatic heterocycles. The van der Waals surface area contributed by atoms with Crippen LogP contribution >= 0.6 is 0 Å². The van der Waals surface area contributed by atoms with Gasteiger partial charge in [0.2, 0.25) is 5.91 Å². The second-order valence-electron chi connectivity index (χ2n) is 8.51. The minimum absolute atomic E-state index is 0.107. The Morgan fingerprint density at radius 2 is 1.81 bits per heavy atom. The number of ether oxygens (including phenoxy) is 3. The zero-order valence-corrected chi connectivity index (χ0v) is 19.4. The second kappa shape index (κ2) is 10.0. The van der Waals surface area contributed by atoms with E-state index in [-0.39, 0.29) is 18.4 Å². The Morgan fingerprint density at radius 1 is 1.12 bits per heavy atom. The molecule has 3 heterocycles. The summed E-state index contributed by atoms with van der Waals surface area (Å²) in [4.78, 5) is 12.8. The molecule has 9 nitrogen and oxygen atoms in total. The summed E-state index contributed by atoms with van der Waals surface area (Å²) in [5.74, 6) is -0.273. The number of hydrogen-bond acceptors (Lipinski definition) is 6. The van der Waals surface area contributed by atoms with Crippen LogP contribution in [-0.4, -0.2) is 74.7 Å². The molecule has 0 aromatic heterocycles. The molecule has 1 atom stereocenters. The molecule has 10 heteroatoms. The van der Waals surface area contributed by atoms with Gasteiger partial charge in [0.05, 0.1) is 25.7 Å². The van der Waals surface area contributed by atoms with Gasteiger partial charge in [-0.15, -0.1) is 0 Å². The lowest BCUT2D eigenvalue weighted by Gasteiger charge is -2.40. The van der Waals surface area contributed by atoms with Crippen molar-refractivity contribution in [3.05, 3.63) is 29.8 Å². The van der Waals surface area contributed by atoms with E-state index in [1.165, 1.54) is 8.61 Å². The number of carbonyl (C=O) groups is 1. The molecule has 178 valence electrons. The van der Waals surface area contributed by atoms with Crippen molar-refractivity contribution in [3.63, 3.8) is 0 Å². The Kier molecular flexibility index (Phi) is 7.36. The Hall–Kier alpha value is -1.72. The number of piperidine rings is 2. The van der Waals surface area contributed by atoms with Gasteiger partial charge in [-0.05, 0) is 37.5 Å². The SMILES string of the molecule is CCOc1ccc(CNC(=O)[C@H]2CCCN(S(=O)(=O)N3CCC4(CC3)OCCO4)C2)cc1. The molecule has 3 saturated heterocycles.